The number of hydrogen-bond donors (Lipinski definition) is 0. The predicted molar refractivity (Wildman–Crippen MR) is 181 cm³/mol. The molecule has 1 aliphatic heterocycles. The molecule has 2 heterocycles. The molecule has 4 heteroatoms. The molecule has 2 aliphatic rings. The van der Waals surface area contributed by atoms with Crippen LogP contribution < -0.4 is 0 Å². The van der Waals surface area contributed by atoms with E-state index in [1.807, 2.05) is 42.5 Å². The van der Waals surface area contributed by atoms with Crippen LogP contribution in [0.2, 0.25) is 0 Å². The Balaban J connectivity index is 1.48. The van der Waals surface area contributed by atoms with E-state index in [0.29, 0.717) is 9.79 Å². The van der Waals surface area contributed by atoms with Crippen LogP contribution in [0.3, 0.4) is 0 Å². The number of benzene rings is 7. The third-order valence-corrected chi connectivity index (χ3v) is 11.9. The zero-order valence-corrected chi connectivity index (χ0v) is 24.9. The zero-order chi connectivity index (χ0) is 29.9. The molecule has 212 valence electrons. The van der Waals surface area contributed by atoms with Crippen molar-refractivity contribution in [3.63, 3.8) is 0 Å². The number of nitrogens with zero attached hydrogens (tertiary/aromatic N) is 1. The molecule has 1 aromatic heterocycles. The largest absolute Gasteiger partial charge is 0.307 e. The van der Waals surface area contributed by atoms with Gasteiger partial charge in [-0.25, -0.2) is 8.42 Å². The van der Waals surface area contributed by atoms with Crippen LogP contribution in [-0.2, 0) is 15.3 Å². The van der Waals surface area contributed by atoms with Crippen molar-refractivity contribution in [2.75, 3.05) is 0 Å². The van der Waals surface area contributed by atoms with Gasteiger partial charge in [-0.05, 0) is 57.0 Å². The first-order valence-corrected chi connectivity index (χ1v) is 16.7. The van der Waals surface area contributed by atoms with E-state index in [1.165, 1.54) is 0 Å². The molecule has 1 spiro atoms. The first-order chi connectivity index (χ1) is 22.1. The van der Waals surface area contributed by atoms with E-state index in [-0.39, 0.29) is 0 Å². The molecule has 1 aliphatic carbocycles. The monoisotopic (exact) mass is 595 g/mol. The number of para-hydroxylation sites is 1. The molecular formula is C41H25NO2S. The minimum absolute atomic E-state index is 0.367. The molecule has 7 aromatic carbocycles. The van der Waals surface area contributed by atoms with Crippen LogP contribution in [0.15, 0.2) is 161 Å². The van der Waals surface area contributed by atoms with Crippen LogP contribution in [0.5, 0.6) is 0 Å². The minimum Gasteiger partial charge on any atom is -0.307 e. The van der Waals surface area contributed by atoms with Crippen molar-refractivity contribution in [1.29, 1.82) is 0 Å². The standard InChI is InChI=1S/C41H25NO2S/c43-45(44)38-23-10-8-20-34(38)41(32-18-6-3-15-28(32)29-16-4-7-19-33(29)41)35-25-24-31-30-17-5-9-21-37(30)42(39(31)40(35)45)36-22-11-13-26-12-1-2-14-27(26)36/h1-25H. The quantitative estimate of drug-likeness (QED) is 0.190. The fourth-order valence-electron chi connectivity index (χ4n) is 8.33. The second-order valence-electron chi connectivity index (χ2n) is 12.0. The van der Waals surface area contributed by atoms with E-state index >= 15 is 8.42 Å². The Morgan fingerprint density at radius 2 is 1.07 bits per heavy atom. The number of sulfone groups is 1. The lowest BCUT2D eigenvalue weighted by atomic mass is 9.67. The van der Waals surface area contributed by atoms with E-state index in [0.717, 1.165) is 71.6 Å². The summed E-state index contributed by atoms with van der Waals surface area (Å²) < 4.78 is 32.6. The third-order valence-electron chi connectivity index (χ3n) is 10.0. The summed E-state index contributed by atoms with van der Waals surface area (Å²) >= 11 is 0. The highest BCUT2D eigenvalue weighted by Crippen LogP contribution is 2.61. The average molecular weight is 596 g/mol. The van der Waals surface area contributed by atoms with Crippen molar-refractivity contribution < 1.29 is 8.42 Å². The van der Waals surface area contributed by atoms with E-state index < -0.39 is 15.3 Å². The normalized spacial score (nSPS) is 15.2. The molecule has 0 fully saturated rings. The van der Waals surface area contributed by atoms with Crippen LogP contribution in [0, 0.1) is 0 Å². The molecule has 45 heavy (non-hydrogen) atoms. The van der Waals surface area contributed by atoms with Gasteiger partial charge in [0.2, 0.25) is 9.84 Å². The van der Waals surface area contributed by atoms with Crippen LogP contribution in [-0.4, -0.2) is 13.0 Å². The fraction of sp³-hybridized carbons (Fsp3) is 0.0244. The first-order valence-electron chi connectivity index (χ1n) is 15.2. The molecule has 0 bridgehead atoms. The molecule has 0 radical (unpaired) electrons. The summed E-state index contributed by atoms with van der Waals surface area (Å²) in [5, 5.41) is 4.13. The van der Waals surface area contributed by atoms with Gasteiger partial charge in [0.05, 0.1) is 27.0 Å². The van der Waals surface area contributed by atoms with Crippen LogP contribution in [0.1, 0.15) is 22.3 Å². The highest BCUT2D eigenvalue weighted by molar-refractivity contribution is 7.92. The van der Waals surface area contributed by atoms with Gasteiger partial charge in [0.1, 0.15) is 4.90 Å². The zero-order valence-electron chi connectivity index (χ0n) is 24.1. The Morgan fingerprint density at radius 1 is 0.467 bits per heavy atom. The van der Waals surface area contributed by atoms with Gasteiger partial charge < -0.3 is 4.57 Å². The second-order valence-corrected chi connectivity index (χ2v) is 13.9. The smallest absolute Gasteiger partial charge is 0.209 e. The third kappa shape index (κ3) is 2.93. The Morgan fingerprint density at radius 3 is 1.84 bits per heavy atom. The summed E-state index contributed by atoms with van der Waals surface area (Å²) in [6, 6.07) is 51.7. The maximum atomic E-state index is 15.2. The first kappa shape index (κ1) is 24.9. The summed E-state index contributed by atoms with van der Waals surface area (Å²) in [7, 11) is -3.95. The Labute approximate surface area is 260 Å². The lowest BCUT2D eigenvalue weighted by Gasteiger charge is -2.40. The summed E-state index contributed by atoms with van der Waals surface area (Å²) in [6.45, 7) is 0. The van der Waals surface area contributed by atoms with Crippen molar-refractivity contribution in [3.05, 3.63) is 174 Å². The van der Waals surface area contributed by atoms with Crippen molar-refractivity contribution in [2.45, 2.75) is 15.2 Å². The van der Waals surface area contributed by atoms with Crippen molar-refractivity contribution in [3.8, 4) is 16.8 Å². The van der Waals surface area contributed by atoms with Gasteiger partial charge in [0.25, 0.3) is 0 Å². The van der Waals surface area contributed by atoms with Gasteiger partial charge in [-0.15, -0.1) is 0 Å². The van der Waals surface area contributed by atoms with E-state index in [9.17, 15) is 0 Å². The molecule has 0 saturated heterocycles. The lowest BCUT2D eigenvalue weighted by Crippen LogP contribution is -2.36. The van der Waals surface area contributed by atoms with Gasteiger partial charge >= 0.3 is 0 Å². The Hall–Kier alpha value is -5.45. The number of hydrogen-bond acceptors (Lipinski definition) is 2. The van der Waals surface area contributed by atoms with E-state index in [1.54, 1.807) is 6.07 Å². The van der Waals surface area contributed by atoms with Crippen LogP contribution in [0.4, 0.5) is 0 Å². The molecule has 0 atom stereocenters. The van der Waals surface area contributed by atoms with Crippen molar-refractivity contribution in [1.82, 2.24) is 4.57 Å². The van der Waals surface area contributed by atoms with Crippen LogP contribution in [0.25, 0.3) is 49.4 Å². The molecule has 10 rings (SSSR count). The highest BCUT2D eigenvalue weighted by Gasteiger charge is 2.54. The van der Waals surface area contributed by atoms with Crippen LogP contribution >= 0.6 is 0 Å². The summed E-state index contributed by atoms with van der Waals surface area (Å²) in [4.78, 5) is 0.751. The van der Waals surface area contributed by atoms with Gasteiger partial charge in [-0.1, -0.05) is 133 Å². The maximum absolute atomic E-state index is 15.2. The molecule has 0 unspecified atom stereocenters. The van der Waals surface area contributed by atoms with Gasteiger partial charge in [0, 0.05) is 16.2 Å². The predicted octanol–water partition coefficient (Wildman–Crippen LogP) is 9.45. The minimum atomic E-state index is -3.95. The number of rotatable bonds is 1. The number of aromatic nitrogens is 1. The van der Waals surface area contributed by atoms with Gasteiger partial charge in [-0.3, -0.25) is 0 Å². The summed E-state index contributed by atoms with van der Waals surface area (Å²) in [6.07, 6.45) is 0. The van der Waals surface area contributed by atoms with Crippen molar-refractivity contribution in [2.24, 2.45) is 0 Å². The summed E-state index contributed by atoms with van der Waals surface area (Å²) in [5.74, 6) is 0. The Kier molecular flexibility index (Phi) is 4.76. The lowest BCUT2D eigenvalue weighted by molar-refractivity contribution is 0.581. The SMILES string of the molecule is O=S1(=O)c2ccccc2C2(c3ccccc3-c3ccccc32)c2ccc3c4ccccc4n(-c4cccc5ccccc45)c3c21. The number of fused-ring (bicyclic) bond motifs is 14. The molecule has 0 saturated carbocycles. The van der Waals surface area contributed by atoms with E-state index in [2.05, 4.69) is 108 Å². The maximum Gasteiger partial charge on any atom is 0.209 e. The summed E-state index contributed by atoms with van der Waals surface area (Å²) in [5.41, 5.74) is 7.99. The van der Waals surface area contributed by atoms with Gasteiger partial charge in [-0.2, -0.15) is 0 Å². The topological polar surface area (TPSA) is 39.1 Å². The van der Waals surface area contributed by atoms with Crippen molar-refractivity contribution >= 4 is 42.4 Å². The molecule has 8 aromatic rings. The van der Waals surface area contributed by atoms with E-state index in [4.69, 9.17) is 0 Å². The average Bonchev–Trinajstić information content (AvgIpc) is 3.58. The molecule has 0 amide bonds. The van der Waals surface area contributed by atoms with Gasteiger partial charge in [0.15, 0.2) is 0 Å². The highest BCUT2D eigenvalue weighted by atomic mass is 32.2. The molecule has 0 N–H and O–H groups in total. The second kappa shape index (κ2) is 8.59. The Bertz CT molecular complexity index is 2630. The fourth-order valence-corrected chi connectivity index (χ4v) is 10.3. The molecular weight excluding hydrogens is 571 g/mol. The molecule has 3 nitrogen and oxygen atoms in total.